The van der Waals surface area contributed by atoms with Gasteiger partial charge in [-0.3, -0.25) is 0 Å². The van der Waals surface area contributed by atoms with E-state index >= 15 is 0 Å². The summed E-state index contributed by atoms with van der Waals surface area (Å²) in [4.78, 5) is 0. The summed E-state index contributed by atoms with van der Waals surface area (Å²) in [5, 5.41) is 20.4. The van der Waals surface area contributed by atoms with Crippen LogP contribution >= 0.6 is 0 Å². The Balaban J connectivity index is 2.23. The maximum absolute atomic E-state index is 13.0. The smallest absolute Gasteiger partial charge is 0.187 e. The van der Waals surface area contributed by atoms with Crippen LogP contribution < -0.4 is 5.32 Å². The number of benzene rings is 1. The summed E-state index contributed by atoms with van der Waals surface area (Å²) in [5.41, 5.74) is 0.430. The highest BCUT2D eigenvalue weighted by Crippen LogP contribution is 2.21. The Morgan fingerprint density at radius 2 is 1.83 bits per heavy atom. The minimum atomic E-state index is -0.960. The van der Waals surface area contributed by atoms with Crippen LogP contribution in [0.4, 0.5) is 8.78 Å². The maximum atomic E-state index is 13.0. The summed E-state index contributed by atoms with van der Waals surface area (Å²) in [6.07, 6.45) is 0.739. The van der Waals surface area contributed by atoms with Crippen LogP contribution in [0.5, 0.6) is 5.75 Å². The van der Waals surface area contributed by atoms with Crippen LogP contribution in [0.3, 0.4) is 0 Å². The summed E-state index contributed by atoms with van der Waals surface area (Å²) in [7, 11) is 0. The first-order valence-electron chi connectivity index (χ1n) is 5.71. The number of phenolic OH excluding ortho intramolecular Hbond substituents is 1. The van der Waals surface area contributed by atoms with Gasteiger partial charge in [-0.2, -0.15) is 0 Å². The molecule has 3 N–H and O–H groups in total. The van der Waals surface area contributed by atoms with E-state index in [2.05, 4.69) is 5.32 Å². The molecule has 0 unspecified atom stereocenters. The van der Waals surface area contributed by atoms with Gasteiger partial charge in [-0.25, -0.2) is 8.78 Å². The van der Waals surface area contributed by atoms with E-state index in [1.807, 2.05) is 0 Å². The molecule has 4 nitrogen and oxygen atoms in total. The van der Waals surface area contributed by atoms with E-state index < -0.39 is 17.4 Å². The molecule has 0 radical (unpaired) electrons. The second kappa shape index (κ2) is 7.97. The highest BCUT2D eigenvalue weighted by molar-refractivity contribution is 5.29. The number of rotatable bonds is 8. The lowest BCUT2D eigenvalue weighted by atomic mass is 10.2. The molecule has 0 saturated carbocycles. The van der Waals surface area contributed by atoms with Crippen LogP contribution in [0.2, 0.25) is 0 Å². The highest BCUT2D eigenvalue weighted by Gasteiger charge is 2.08. The lowest BCUT2D eigenvalue weighted by Crippen LogP contribution is -2.17. The Kier molecular flexibility index (Phi) is 6.56. The topological polar surface area (TPSA) is 61.7 Å². The van der Waals surface area contributed by atoms with Gasteiger partial charge in [0.25, 0.3) is 0 Å². The molecule has 0 bridgehead atoms. The second-order valence-corrected chi connectivity index (χ2v) is 3.77. The van der Waals surface area contributed by atoms with Gasteiger partial charge in [0.05, 0.1) is 13.2 Å². The first-order valence-corrected chi connectivity index (χ1v) is 5.71. The summed E-state index contributed by atoms with van der Waals surface area (Å²) in [5.74, 6) is -2.87. The average molecular weight is 261 g/mol. The Morgan fingerprint density at radius 1 is 1.17 bits per heavy atom. The Hall–Kier alpha value is -1.24. The standard InChI is InChI=1S/C12H17F2NO3/c13-10-6-9(7-11(14)12(10)17)8-15-2-1-4-18-5-3-16/h6-7,15-17H,1-5,8H2. The van der Waals surface area contributed by atoms with E-state index in [4.69, 9.17) is 14.9 Å². The van der Waals surface area contributed by atoms with Gasteiger partial charge in [0.1, 0.15) is 0 Å². The normalized spacial score (nSPS) is 10.8. The van der Waals surface area contributed by atoms with Crippen molar-refractivity contribution < 1.29 is 23.7 Å². The monoisotopic (exact) mass is 261 g/mol. The summed E-state index contributed by atoms with van der Waals surface area (Å²) in [6, 6.07) is 2.18. The van der Waals surface area contributed by atoms with Gasteiger partial charge in [0, 0.05) is 13.2 Å². The SMILES string of the molecule is OCCOCCCNCc1cc(F)c(O)c(F)c1. The molecule has 18 heavy (non-hydrogen) atoms. The fraction of sp³-hybridized carbons (Fsp3) is 0.500. The number of aliphatic hydroxyl groups is 1. The number of aliphatic hydroxyl groups excluding tert-OH is 1. The number of aromatic hydroxyl groups is 1. The van der Waals surface area contributed by atoms with Crippen molar-refractivity contribution in [2.24, 2.45) is 0 Å². The Morgan fingerprint density at radius 3 is 2.44 bits per heavy atom. The van der Waals surface area contributed by atoms with E-state index in [-0.39, 0.29) is 6.61 Å². The second-order valence-electron chi connectivity index (χ2n) is 3.77. The lowest BCUT2D eigenvalue weighted by molar-refractivity contribution is 0.0907. The zero-order valence-corrected chi connectivity index (χ0v) is 9.96. The van der Waals surface area contributed by atoms with E-state index in [0.717, 1.165) is 18.6 Å². The van der Waals surface area contributed by atoms with Crippen molar-refractivity contribution in [2.45, 2.75) is 13.0 Å². The summed E-state index contributed by atoms with van der Waals surface area (Å²) < 4.78 is 31.0. The fourth-order valence-electron chi connectivity index (χ4n) is 1.42. The van der Waals surface area contributed by atoms with Crippen molar-refractivity contribution >= 4 is 0 Å². The van der Waals surface area contributed by atoms with Crippen LogP contribution in [-0.2, 0) is 11.3 Å². The molecule has 0 atom stereocenters. The van der Waals surface area contributed by atoms with Gasteiger partial charge >= 0.3 is 0 Å². The molecule has 0 fully saturated rings. The molecule has 1 rings (SSSR count). The van der Waals surface area contributed by atoms with E-state index in [1.165, 1.54) is 0 Å². The third kappa shape index (κ3) is 4.95. The van der Waals surface area contributed by atoms with Crippen LogP contribution in [0, 0.1) is 11.6 Å². The van der Waals surface area contributed by atoms with E-state index in [0.29, 0.717) is 31.9 Å². The Labute approximate surface area is 104 Å². The van der Waals surface area contributed by atoms with Crippen LogP contribution in [0.15, 0.2) is 12.1 Å². The molecule has 1 aromatic rings. The predicted octanol–water partition coefficient (Wildman–Crippen LogP) is 1.16. The molecule has 0 saturated heterocycles. The predicted molar refractivity (Wildman–Crippen MR) is 62.3 cm³/mol. The first kappa shape index (κ1) is 14.8. The number of halogens is 2. The molecule has 0 aliphatic heterocycles. The van der Waals surface area contributed by atoms with Crippen LogP contribution in [-0.4, -0.2) is 36.6 Å². The number of hydrogen-bond acceptors (Lipinski definition) is 4. The zero-order chi connectivity index (χ0) is 13.4. The molecule has 0 spiro atoms. The van der Waals surface area contributed by atoms with Gasteiger partial charge in [-0.1, -0.05) is 0 Å². The minimum absolute atomic E-state index is 0.000505. The van der Waals surface area contributed by atoms with Gasteiger partial charge in [0.2, 0.25) is 0 Å². The van der Waals surface area contributed by atoms with Crippen molar-refractivity contribution in [3.05, 3.63) is 29.3 Å². The third-order valence-electron chi connectivity index (χ3n) is 2.28. The minimum Gasteiger partial charge on any atom is -0.503 e. The summed E-state index contributed by atoms with van der Waals surface area (Å²) >= 11 is 0. The molecule has 0 aliphatic rings. The average Bonchev–Trinajstić information content (AvgIpc) is 2.34. The number of phenols is 1. The van der Waals surface area contributed by atoms with Gasteiger partial charge in [0.15, 0.2) is 17.4 Å². The van der Waals surface area contributed by atoms with Crippen LogP contribution in [0.1, 0.15) is 12.0 Å². The van der Waals surface area contributed by atoms with Crippen molar-refractivity contribution in [1.29, 1.82) is 0 Å². The molecular formula is C12H17F2NO3. The van der Waals surface area contributed by atoms with Crippen molar-refractivity contribution in [3.63, 3.8) is 0 Å². The summed E-state index contributed by atoms with van der Waals surface area (Å²) in [6.45, 7) is 1.78. The van der Waals surface area contributed by atoms with Crippen molar-refractivity contribution in [2.75, 3.05) is 26.4 Å². The fourth-order valence-corrected chi connectivity index (χ4v) is 1.42. The quantitative estimate of drug-likeness (QED) is 0.614. The number of hydrogen-bond donors (Lipinski definition) is 3. The van der Waals surface area contributed by atoms with Gasteiger partial charge < -0.3 is 20.3 Å². The molecule has 0 aliphatic carbocycles. The highest BCUT2D eigenvalue weighted by atomic mass is 19.1. The van der Waals surface area contributed by atoms with Crippen molar-refractivity contribution in [1.82, 2.24) is 5.32 Å². The van der Waals surface area contributed by atoms with Crippen LogP contribution in [0.25, 0.3) is 0 Å². The first-order chi connectivity index (χ1) is 8.65. The molecule has 102 valence electrons. The molecular weight excluding hydrogens is 244 g/mol. The van der Waals surface area contributed by atoms with Gasteiger partial charge in [-0.05, 0) is 30.7 Å². The number of nitrogens with one attached hydrogen (secondary N) is 1. The Bertz CT molecular complexity index is 351. The number of ether oxygens (including phenoxy) is 1. The molecule has 1 aromatic carbocycles. The largest absolute Gasteiger partial charge is 0.503 e. The molecule has 6 heteroatoms. The molecule has 0 amide bonds. The molecule has 0 aromatic heterocycles. The molecule has 0 heterocycles. The van der Waals surface area contributed by atoms with E-state index in [9.17, 15) is 8.78 Å². The third-order valence-corrected chi connectivity index (χ3v) is 2.28. The lowest BCUT2D eigenvalue weighted by Gasteiger charge is -2.06. The van der Waals surface area contributed by atoms with Gasteiger partial charge in [-0.15, -0.1) is 0 Å². The van der Waals surface area contributed by atoms with E-state index in [1.54, 1.807) is 0 Å². The maximum Gasteiger partial charge on any atom is 0.187 e. The zero-order valence-electron chi connectivity index (χ0n) is 9.96. The van der Waals surface area contributed by atoms with Crippen molar-refractivity contribution in [3.8, 4) is 5.75 Å².